The molecule has 1 atom stereocenters. The van der Waals surface area contributed by atoms with E-state index in [0.717, 1.165) is 5.56 Å². The predicted molar refractivity (Wildman–Crippen MR) is 88.6 cm³/mol. The molecule has 1 N–H and O–H groups in total. The van der Waals surface area contributed by atoms with Crippen molar-refractivity contribution in [3.63, 3.8) is 0 Å². The van der Waals surface area contributed by atoms with Crippen LogP contribution in [-0.2, 0) is 16.1 Å². The topological polar surface area (TPSA) is 49.4 Å². The predicted octanol–water partition coefficient (Wildman–Crippen LogP) is 2.77. The van der Waals surface area contributed by atoms with Gasteiger partial charge in [-0.15, -0.1) is 11.3 Å². The van der Waals surface area contributed by atoms with Crippen LogP contribution in [0, 0.1) is 5.92 Å². The third-order valence-electron chi connectivity index (χ3n) is 4.14. The van der Waals surface area contributed by atoms with Crippen LogP contribution < -0.4 is 5.32 Å². The Morgan fingerprint density at radius 3 is 2.95 bits per heavy atom. The van der Waals surface area contributed by atoms with Gasteiger partial charge < -0.3 is 10.2 Å². The summed E-state index contributed by atoms with van der Waals surface area (Å²) in [5.41, 5.74) is 1.09. The van der Waals surface area contributed by atoms with E-state index in [2.05, 4.69) is 28.9 Å². The number of thiophene rings is 1. The van der Waals surface area contributed by atoms with Crippen molar-refractivity contribution in [1.29, 1.82) is 0 Å². The Balaban J connectivity index is 1.59. The van der Waals surface area contributed by atoms with Gasteiger partial charge in [-0.3, -0.25) is 9.59 Å². The van der Waals surface area contributed by atoms with Gasteiger partial charge in [-0.2, -0.15) is 0 Å². The highest BCUT2D eigenvalue weighted by Crippen LogP contribution is 2.22. The molecule has 2 aromatic rings. The number of hydrogen-bond acceptors (Lipinski definition) is 3. The second-order valence-electron chi connectivity index (χ2n) is 6.05. The average molecular weight is 316 g/mol. The highest BCUT2D eigenvalue weighted by molar-refractivity contribution is 7.17. The smallest absolute Gasteiger partial charge is 0.225 e. The number of nitrogens with one attached hydrogen (secondary N) is 1. The fraction of sp³-hybridized carbons (Fsp3) is 0.412. The molecular formula is C17H20N2O2S. The lowest BCUT2D eigenvalue weighted by Gasteiger charge is -2.20. The summed E-state index contributed by atoms with van der Waals surface area (Å²) in [4.78, 5) is 25.9. The summed E-state index contributed by atoms with van der Waals surface area (Å²) >= 11 is 1.71. The summed E-state index contributed by atoms with van der Waals surface area (Å²) in [5.74, 6) is -0.170. The van der Waals surface area contributed by atoms with E-state index in [1.54, 1.807) is 16.2 Å². The van der Waals surface area contributed by atoms with Crippen LogP contribution in [0.25, 0.3) is 10.1 Å². The van der Waals surface area contributed by atoms with E-state index in [1.165, 1.54) is 10.1 Å². The maximum absolute atomic E-state index is 12.3. The van der Waals surface area contributed by atoms with Crippen LogP contribution >= 0.6 is 11.3 Å². The Bertz CT molecular complexity index is 708. The van der Waals surface area contributed by atoms with Gasteiger partial charge >= 0.3 is 0 Å². The molecule has 0 spiro atoms. The zero-order valence-corrected chi connectivity index (χ0v) is 13.7. The second kappa shape index (κ2) is 6.08. The molecule has 2 amide bonds. The van der Waals surface area contributed by atoms with Gasteiger partial charge in [0.25, 0.3) is 0 Å². The number of benzene rings is 1. The van der Waals surface area contributed by atoms with Gasteiger partial charge in [-0.1, -0.05) is 6.07 Å². The van der Waals surface area contributed by atoms with Crippen LogP contribution in [0.2, 0.25) is 0 Å². The summed E-state index contributed by atoms with van der Waals surface area (Å²) in [6.07, 6.45) is 0.327. The molecule has 0 aliphatic carbocycles. The first-order valence-electron chi connectivity index (χ1n) is 7.58. The van der Waals surface area contributed by atoms with E-state index in [4.69, 9.17) is 0 Å². The minimum absolute atomic E-state index is 0.0260. The molecule has 1 aromatic carbocycles. The third kappa shape index (κ3) is 2.99. The van der Waals surface area contributed by atoms with Gasteiger partial charge in [0.2, 0.25) is 11.8 Å². The quantitative estimate of drug-likeness (QED) is 0.943. The number of rotatable bonds is 4. The van der Waals surface area contributed by atoms with Gasteiger partial charge in [-0.05, 0) is 48.4 Å². The Hall–Kier alpha value is -1.88. The Labute approximate surface area is 134 Å². The molecule has 0 saturated carbocycles. The number of carbonyl (C=O) groups excluding carboxylic acids is 2. The van der Waals surface area contributed by atoms with E-state index in [-0.39, 0.29) is 23.8 Å². The van der Waals surface area contributed by atoms with Gasteiger partial charge in [0, 0.05) is 30.3 Å². The van der Waals surface area contributed by atoms with Crippen LogP contribution in [0.5, 0.6) is 0 Å². The molecule has 1 fully saturated rings. The van der Waals surface area contributed by atoms with Crippen molar-refractivity contribution in [3.8, 4) is 0 Å². The molecular weight excluding hydrogens is 296 g/mol. The number of likely N-dealkylation sites (tertiary alicyclic amines) is 1. The molecule has 0 unspecified atom stereocenters. The first-order valence-corrected chi connectivity index (χ1v) is 8.46. The molecule has 0 bridgehead atoms. The summed E-state index contributed by atoms with van der Waals surface area (Å²) in [7, 11) is 0. The van der Waals surface area contributed by atoms with Crippen LogP contribution in [0.1, 0.15) is 25.8 Å². The minimum Gasteiger partial charge on any atom is -0.352 e. The highest BCUT2D eigenvalue weighted by atomic mass is 32.1. The van der Waals surface area contributed by atoms with Gasteiger partial charge in [0.05, 0.1) is 5.92 Å². The number of amides is 2. The van der Waals surface area contributed by atoms with E-state index >= 15 is 0 Å². The molecule has 1 aliphatic rings. The molecule has 0 radical (unpaired) electrons. The molecule has 116 valence electrons. The van der Waals surface area contributed by atoms with Gasteiger partial charge in [0.1, 0.15) is 0 Å². The fourth-order valence-corrected chi connectivity index (χ4v) is 3.64. The molecule has 3 rings (SSSR count). The first-order chi connectivity index (χ1) is 10.5. The summed E-state index contributed by atoms with van der Waals surface area (Å²) < 4.78 is 1.25. The molecule has 1 saturated heterocycles. The van der Waals surface area contributed by atoms with Crippen molar-refractivity contribution in [1.82, 2.24) is 10.2 Å². The molecule has 2 heterocycles. The highest BCUT2D eigenvalue weighted by Gasteiger charge is 2.35. The molecule has 22 heavy (non-hydrogen) atoms. The minimum atomic E-state index is -0.222. The van der Waals surface area contributed by atoms with Crippen molar-refractivity contribution in [2.75, 3.05) is 6.54 Å². The number of carbonyl (C=O) groups is 2. The largest absolute Gasteiger partial charge is 0.352 e. The Kier molecular flexibility index (Phi) is 4.16. The van der Waals surface area contributed by atoms with Crippen LogP contribution in [0.3, 0.4) is 0 Å². The van der Waals surface area contributed by atoms with E-state index in [1.807, 2.05) is 19.9 Å². The van der Waals surface area contributed by atoms with Crippen molar-refractivity contribution >= 4 is 33.2 Å². The lowest BCUT2D eigenvalue weighted by atomic mass is 10.1. The Morgan fingerprint density at radius 2 is 2.23 bits per heavy atom. The standard InChI is InChI=1S/C17H20N2O2S/c1-11(2)19-10-14(8-16(19)20)17(21)18-9-12-3-4-15-13(7-12)5-6-22-15/h3-7,11,14H,8-10H2,1-2H3,(H,18,21)/t14-/m1/s1. The van der Waals surface area contributed by atoms with Crippen LogP contribution in [0.4, 0.5) is 0 Å². The molecule has 5 heteroatoms. The van der Waals surface area contributed by atoms with Crippen LogP contribution in [-0.4, -0.2) is 29.3 Å². The van der Waals surface area contributed by atoms with Gasteiger partial charge in [0.15, 0.2) is 0 Å². The summed E-state index contributed by atoms with van der Waals surface area (Å²) in [5, 5.41) is 6.24. The van der Waals surface area contributed by atoms with Crippen LogP contribution in [0.15, 0.2) is 29.6 Å². The molecule has 4 nitrogen and oxygen atoms in total. The number of hydrogen-bond donors (Lipinski definition) is 1. The van der Waals surface area contributed by atoms with E-state index in [0.29, 0.717) is 19.5 Å². The zero-order chi connectivity index (χ0) is 15.7. The number of nitrogens with zero attached hydrogens (tertiary/aromatic N) is 1. The lowest BCUT2D eigenvalue weighted by molar-refractivity contribution is -0.129. The maximum Gasteiger partial charge on any atom is 0.225 e. The lowest BCUT2D eigenvalue weighted by Crippen LogP contribution is -2.35. The van der Waals surface area contributed by atoms with Crippen molar-refractivity contribution in [3.05, 3.63) is 35.2 Å². The average Bonchev–Trinajstić information content (AvgIpc) is 3.10. The van der Waals surface area contributed by atoms with Gasteiger partial charge in [-0.25, -0.2) is 0 Å². The maximum atomic E-state index is 12.3. The molecule has 1 aliphatic heterocycles. The van der Waals surface area contributed by atoms with Crippen molar-refractivity contribution in [2.45, 2.75) is 32.9 Å². The fourth-order valence-electron chi connectivity index (χ4n) is 2.87. The van der Waals surface area contributed by atoms with E-state index in [9.17, 15) is 9.59 Å². The molecule has 1 aromatic heterocycles. The first kappa shape index (κ1) is 15.0. The SMILES string of the molecule is CC(C)N1C[C@H](C(=O)NCc2ccc3sccc3c2)CC1=O. The summed E-state index contributed by atoms with van der Waals surface area (Å²) in [6.45, 7) is 5.01. The normalized spacial score (nSPS) is 18.4. The van der Waals surface area contributed by atoms with E-state index < -0.39 is 0 Å². The second-order valence-corrected chi connectivity index (χ2v) is 7.00. The Morgan fingerprint density at radius 1 is 1.41 bits per heavy atom. The third-order valence-corrected chi connectivity index (χ3v) is 5.03. The number of fused-ring (bicyclic) bond motifs is 1. The monoisotopic (exact) mass is 316 g/mol. The summed E-state index contributed by atoms with van der Waals surface area (Å²) in [6, 6.07) is 8.47. The van der Waals surface area contributed by atoms with Crippen molar-refractivity contribution in [2.24, 2.45) is 5.92 Å². The van der Waals surface area contributed by atoms with Crippen molar-refractivity contribution < 1.29 is 9.59 Å². The zero-order valence-electron chi connectivity index (χ0n) is 12.8.